The van der Waals surface area contributed by atoms with E-state index >= 15 is 0 Å². The molecule has 0 saturated heterocycles. The van der Waals surface area contributed by atoms with E-state index in [0.717, 1.165) is 29.8 Å². The van der Waals surface area contributed by atoms with E-state index in [0.29, 0.717) is 11.0 Å². The molecule has 0 aliphatic carbocycles. The second-order valence-electron chi connectivity index (χ2n) is 10.2. The number of carbonyl (C=O) groups is 1. The molecule has 2 N–H and O–H groups in total. The zero-order valence-corrected chi connectivity index (χ0v) is 23.3. The van der Waals surface area contributed by atoms with Crippen LogP contribution >= 0.6 is 0 Å². The summed E-state index contributed by atoms with van der Waals surface area (Å²) in [4.78, 5) is 13.1. The average Bonchev–Trinajstić information content (AvgIpc) is 3.40. The maximum atomic E-state index is 13.7. The molecule has 1 amide bonds. The monoisotopic (exact) mass is 588 g/mol. The van der Waals surface area contributed by atoms with Crippen molar-refractivity contribution < 1.29 is 35.9 Å². The van der Waals surface area contributed by atoms with Gasteiger partial charge in [-0.15, -0.1) is 0 Å². The molecule has 0 spiro atoms. The molecule has 0 unspecified atom stereocenters. The first kappa shape index (κ1) is 30.3. The molecule has 0 bridgehead atoms. The van der Waals surface area contributed by atoms with Crippen molar-refractivity contribution in [1.82, 2.24) is 9.62 Å². The second-order valence-corrected chi connectivity index (χ2v) is 12.2. The van der Waals surface area contributed by atoms with Crippen molar-refractivity contribution in [2.75, 3.05) is 13.1 Å². The van der Waals surface area contributed by atoms with Gasteiger partial charge in [0.15, 0.2) is 0 Å². The minimum Gasteiger partial charge on any atom is -0.464 e. The van der Waals surface area contributed by atoms with Crippen LogP contribution < -0.4 is 5.32 Å². The van der Waals surface area contributed by atoms with Crippen molar-refractivity contribution in [2.45, 2.75) is 43.5 Å². The number of aliphatic hydroxyl groups is 1. The Morgan fingerprint density at radius 1 is 0.976 bits per heavy atom. The van der Waals surface area contributed by atoms with Crippen LogP contribution in [0.1, 0.15) is 35.3 Å². The topological polar surface area (TPSA) is 99.9 Å². The molecule has 0 saturated carbocycles. The van der Waals surface area contributed by atoms with E-state index in [1.165, 1.54) is 22.7 Å². The fraction of sp³-hybridized carbons (Fsp3) is 0.300. The van der Waals surface area contributed by atoms with E-state index in [1.807, 2.05) is 19.9 Å². The van der Waals surface area contributed by atoms with Crippen LogP contribution in [0.25, 0.3) is 11.0 Å². The van der Waals surface area contributed by atoms with Gasteiger partial charge >= 0.3 is 6.18 Å². The lowest BCUT2D eigenvalue weighted by molar-refractivity contribution is -0.137. The third-order valence-electron chi connectivity index (χ3n) is 6.57. The summed E-state index contributed by atoms with van der Waals surface area (Å²) in [5, 5.41) is 14.7. The Bertz CT molecular complexity index is 1570. The Balaban J connectivity index is 1.60. The fourth-order valence-corrected chi connectivity index (χ4v) is 6.14. The lowest BCUT2D eigenvalue weighted by atomic mass is 10.00. The van der Waals surface area contributed by atoms with Gasteiger partial charge in [0.1, 0.15) is 5.58 Å². The van der Waals surface area contributed by atoms with Gasteiger partial charge in [-0.2, -0.15) is 17.5 Å². The molecule has 4 aromatic rings. The van der Waals surface area contributed by atoms with E-state index in [4.69, 9.17) is 4.42 Å². The van der Waals surface area contributed by atoms with Crippen LogP contribution in [0, 0.1) is 5.92 Å². The number of alkyl halides is 3. The Hall–Kier alpha value is -3.67. The number of nitrogens with zero attached hydrogens (tertiary/aromatic N) is 1. The molecular formula is C30H31F3N2O5S. The van der Waals surface area contributed by atoms with Gasteiger partial charge in [-0.1, -0.05) is 44.2 Å². The van der Waals surface area contributed by atoms with Crippen molar-refractivity contribution in [3.05, 3.63) is 102 Å². The zero-order valence-electron chi connectivity index (χ0n) is 22.5. The lowest BCUT2D eigenvalue weighted by Gasteiger charge is -2.31. The largest absolute Gasteiger partial charge is 0.464 e. The van der Waals surface area contributed by atoms with Crippen LogP contribution in [0.15, 0.2) is 94.4 Å². The van der Waals surface area contributed by atoms with Gasteiger partial charge in [0, 0.05) is 24.0 Å². The predicted molar refractivity (Wildman–Crippen MR) is 149 cm³/mol. The Labute approximate surface area is 236 Å². The molecule has 2 atom stereocenters. The van der Waals surface area contributed by atoms with Crippen LogP contribution in [0.5, 0.6) is 0 Å². The summed E-state index contributed by atoms with van der Waals surface area (Å²) in [5.41, 5.74) is 0.391. The summed E-state index contributed by atoms with van der Waals surface area (Å²) in [6.45, 7) is 3.48. The number of hydrogen-bond donors (Lipinski definition) is 2. The van der Waals surface area contributed by atoms with Crippen LogP contribution in [0.2, 0.25) is 0 Å². The number of carbonyl (C=O) groups excluding carboxylic acids is 1. The first-order chi connectivity index (χ1) is 19.3. The summed E-state index contributed by atoms with van der Waals surface area (Å²) in [7, 11) is -4.05. The highest BCUT2D eigenvalue weighted by Crippen LogP contribution is 2.29. The maximum Gasteiger partial charge on any atom is 0.416 e. The van der Waals surface area contributed by atoms with Crippen molar-refractivity contribution in [3.8, 4) is 0 Å². The molecule has 41 heavy (non-hydrogen) atoms. The van der Waals surface area contributed by atoms with E-state index in [9.17, 15) is 31.5 Å². The number of rotatable bonds is 11. The summed E-state index contributed by atoms with van der Waals surface area (Å²) >= 11 is 0. The smallest absolute Gasteiger partial charge is 0.416 e. The highest BCUT2D eigenvalue weighted by molar-refractivity contribution is 7.89. The van der Waals surface area contributed by atoms with Crippen LogP contribution in [0.4, 0.5) is 13.2 Å². The minimum absolute atomic E-state index is 0.0247. The molecule has 0 radical (unpaired) electrons. The number of nitrogens with one attached hydrogen (secondary N) is 1. The molecule has 4 rings (SSSR count). The van der Waals surface area contributed by atoms with Gasteiger partial charge in [-0.3, -0.25) is 4.79 Å². The SMILES string of the molecule is CC(C)CN(C[C@H](O)[C@H](Cc1ccccc1)NC(=O)c1ccc(C(F)(F)F)cc1)S(=O)(=O)c1ccc2occc2c1. The van der Waals surface area contributed by atoms with Gasteiger partial charge in [-0.25, -0.2) is 8.42 Å². The minimum atomic E-state index is -4.55. The molecule has 218 valence electrons. The van der Waals surface area contributed by atoms with Crippen LogP contribution in [-0.4, -0.2) is 49.0 Å². The number of halogens is 3. The molecule has 1 heterocycles. The maximum absolute atomic E-state index is 13.7. The number of aliphatic hydroxyl groups excluding tert-OH is 1. The molecule has 0 aliphatic rings. The van der Waals surface area contributed by atoms with Crippen molar-refractivity contribution in [2.24, 2.45) is 5.92 Å². The van der Waals surface area contributed by atoms with Gasteiger partial charge in [-0.05, 0) is 66.4 Å². The fourth-order valence-electron chi connectivity index (χ4n) is 4.48. The predicted octanol–water partition coefficient (Wildman–Crippen LogP) is 5.50. The van der Waals surface area contributed by atoms with E-state index in [-0.39, 0.29) is 35.9 Å². The number of sulfonamides is 1. The van der Waals surface area contributed by atoms with Gasteiger partial charge < -0.3 is 14.8 Å². The Morgan fingerprint density at radius 3 is 2.29 bits per heavy atom. The highest BCUT2D eigenvalue weighted by Gasteiger charge is 2.33. The number of furan rings is 1. The normalized spacial score (nSPS) is 14.0. The van der Waals surface area contributed by atoms with Crippen LogP contribution in [0.3, 0.4) is 0 Å². The van der Waals surface area contributed by atoms with Gasteiger partial charge in [0.05, 0.1) is 28.9 Å². The molecule has 1 aromatic heterocycles. The lowest BCUT2D eigenvalue weighted by Crippen LogP contribution is -2.51. The summed E-state index contributed by atoms with van der Waals surface area (Å²) < 4.78 is 72.9. The summed E-state index contributed by atoms with van der Waals surface area (Å²) in [5.74, 6) is -0.772. The van der Waals surface area contributed by atoms with Crippen molar-refractivity contribution in [3.63, 3.8) is 0 Å². The molecular weight excluding hydrogens is 557 g/mol. The van der Waals surface area contributed by atoms with E-state index in [1.54, 1.807) is 36.4 Å². The molecule has 0 fully saturated rings. The van der Waals surface area contributed by atoms with E-state index < -0.39 is 39.8 Å². The summed E-state index contributed by atoms with van der Waals surface area (Å²) in [6.07, 6.45) is -4.27. The van der Waals surface area contributed by atoms with Crippen molar-refractivity contribution >= 4 is 26.9 Å². The summed E-state index contributed by atoms with van der Waals surface area (Å²) in [6, 6.07) is 17.9. The molecule has 11 heteroatoms. The van der Waals surface area contributed by atoms with Gasteiger partial charge in [0.2, 0.25) is 10.0 Å². The molecule has 7 nitrogen and oxygen atoms in total. The first-order valence-electron chi connectivity index (χ1n) is 13.0. The quantitative estimate of drug-likeness (QED) is 0.241. The van der Waals surface area contributed by atoms with E-state index in [2.05, 4.69) is 5.32 Å². The zero-order chi connectivity index (χ0) is 29.8. The Kier molecular flexibility index (Phi) is 9.21. The highest BCUT2D eigenvalue weighted by atomic mass is 32.2. The first-order valence-corrected chi connectivity index (χ1v) is 14.5. The molecule has 3 aromatic carbocycles. The number of amides is 1. The second kappa shape index (κ2) is 12.5. The number of benzene rings is 3. The number of fused-ring (bicyclic) bond motifs is 1. The third kappa shape index (κ3) is 7.55. The molecule has 0 aliphatic heterocycles. The van der Waals surface area contributed by atoms with Crippen molar-refractivity contribution in [1.29, 1.82) is 0 Å². The van der Waals surface area contributed by atoms with Gasteiger partial charge in [0.25, 0.3) is 5.91 Å². The average molecular weight is 589 g/mol. The van der Waals surface area contributed by atoms with Crippen LogP contribution in [-0.2, 0) is 22.6 Å². The number of hydrogen-bond acceptors (Lipinski definition) is 5. The third-order valence-corrected chi connectivity index (χ3v) is 8.40. The Morgan fingerprint density at radius 2 is 1.66 bits per heavy atom. The standard InChI is InChI=1S/C30H31F3N2O5S/c1-20(2)18-35(41(38,39)25-12-13-28-23(17-25)14-15-40-28)19-27(36)26(16-21-6-4-3-5-7-21)34-29(37)22-8-10-24(11-9-22)30(31,32)33/h3-15,17,20,26-27,36H,16,18-19H2,1-2H3,(H,34,37)/t26-,27-/m0/s1.